The Bertz CT molecular complexity index is 553. The highest BCUT2D eigenvalue weighted by molar-refractivity contribution is 6.34. The quantitative estimate of drug-likeness (QED) is 0.817. The lowest BCUT2D eigenvalue weighted by atomic mass is 10.2. The second-order valence-corrected chi connectivity index (χ2v) is 6.53. The number of nitrogens with zero attached hydrogens (tertiary/aromatic N) is 4. The van der Waals surface area contributed by atoms with Gasteiger partial charge in [-0.3, -0.25) is 14.4 Å². The van der Waals surface area contributed by atoms with Gasteiger partial charge in [-0.1, -0.05) is 25.4 Å². The molecule has 1 aromatic rings. The highest BCUT2D eigenvalue weighted by Gasteiger charge is 2.29. The molecule has 0 aromatic carbocycles. The molecule has 1 amide bonds. The SMILES string of the molecule is CC.CC(C)N1CCCn2nc(C(=O)N3CCOCC3)c(Cl)c2C1. The Labute approximate surface area is 149 Å². The van der Waals surface area contributed by atoms with Crippen LogP contribution in [0.25, 0.3) is 0 Å². The molecule has 0 atom stereocenters. The predicted octanol–water partition coefficient (Wildman–Crippen LogP) is 2.65. The molecule has 0 aliphatic carbocycles. The van der Waals surface area contributed by atoms with E-state index in [-0.39, 0.29) is 5.91 Å². The Morgan fingerprint density at radius 3 is 2.46 bits per heavy atom. The zero-order chi connectivity index (χ0) is 17.7. The van der Waals surface area contributed by atoms with E-state index in [0.29, 0.717) is 43.1 Å². The molecule has 2 aliphatic rings. The van der Waals surface area contributed by atoms with Crippen LogP contribution in [0.3, 0.4) is 0 Å². The molecule has 7 heteroatoms. The Hall–Kier alpha value is -1.11. The van der Waals surface area contributed by atoms with Gasteiger partial charge in [-0.15, -0.1) is 0 Å². The van der Waals surface area contributed by atoms with E-state index in [2.05, 4.69) is 23.8 Å². The fraction of sp³-hybridized carbons (Fsp3) is 0.765. The first-order chi connectivity index (χ1) is 11.6. The number of carbonyl (C=O) groups excluding carboxylic acids is 1. The first-order valence-corrected chi connectivity index (χ1v) is 9.32. The topological polar surface area (TPSA) is 50.6 Å². The third-order valence-corrected chi connectivity index (χ3v) is 4.79. The van der Waals surface area contributed by atoms with E-state index in [4.69, 9.17) is 16.3 Å². The number of rotatable bonds is 2. The molecule has 136 valence electrons. The molecule has 0 N–H and O–H groups in total. The molecule has 1 fully saturated rings. The van der Waals surface area contributed by atoms with Crippen molar-refractivity contribution in [2.45, 2.75) is 53.2 Å². The van der Waals surface area contributed by atoms with Crippen molar-refractivity contribution in [3.05, 3.63) is 16.4 Å². The van der Waals surface area contributed by atoms with E-state index in [0.717, 1.165) is 31.7 Å². The first kappa shape index (κ1) is 19.2. The average molecular weight is 357 g/mol. The van der Waals surface area contributed by atoms with Crippen LogP contribution in [0.15, 0.2) is 0 Å². The summed E-state index contributed by atoms with van der Waals surface area (Å²) in [6, 6.07) is 0.455. The maximum Gasteiger partial charge on any atom is 0.276 e. The zero-order valence-corrected chi connectivity index (χ0v) is 16.0. The smallest absolute Gasteiger partial charge is 0.276 e. The summed E-state index contributed by atoms with van der Waals surface area (Å²) < 4.78 is 7.21. The number of fused-ring (bicyclic) bond motifs is 1. The monoisotopic (exact) mass is 356 g/mol. The number of aromatic nitrogens is 2. The maximum atomic E-state index is 12.6. The summed E-state index contributed by atoms with van der Waals surface area (Å²) >= 11 is 6.51. The normalized spacial score (nSPS) is 18.7. The molecule has 0 radical (unpaired) electrons. The number of amides is 1. The Morgan fingerprint density at radius 1 is 1.17 bits per heavy atom. The number of carbonyl (C=O) groups is 1. The van der Waals surface area contributed by atoms with E-state index in [1.165, 1.54) is 0 Å². The van der Waals surface area contributed by atoms with E-state index >= 15 is 0 Å². The van der Waals surface area contributed by atoms with Crippen LogP contribution in [0, 0.1) is 0 Å². The average Bonchev–Trinajstić information content (AvgIpc) is 2.79. The molecule has 0 unspecified atom stereocenters. The van der Waals surface area contributed by atoms with Gasteiger partial charge in [0.15, 0.2) is 5.69 Å². The van der Waals surface area contributed by atoms with Crippen LogP contribution < -0.4 is 0 Å². The first-order valence-electron chi connectivity index (χ1n) is 8.94. The summed E-state index contributed by atoms with van der Waals surface area (Å²) in [5.74, 6) is -0.0787. The molecule has 0 saturated carbocycles. The lowest BCUT2D eigenvalue weighted by Crippen LogP contribution is -2.41. The van der Waals surface area contributed by atoms with Crippen LogP contribution in [0.4, 0.5) is 0 Å². The highest BCUT2D eigenvalue weighted by atomic mass is 35.5. The lowest BCUT2D eigenvalue weighted by molar-refractivity contribution is 0.0298. The molecular weight excluding hydrogens is 328 g/mol. The van der Waals surface area contributed by atoms with Gasteiger partial charge in [0.1, 0.15) is 0 Å². The minimum absolute atomic E-state index is 0.0787. The molecular formula is C17H29ClN4O2. The van der Waals surface area contributed by atoms with Gasteiger partial charge in [0.05, 0.1) is 23.9 Å². The van der Waals surface area contributed by atoms with Gasteiger partial charge in [-0.05, 0) is 20.3 Å². The third-order valence-electron chi connectivity index (χ3n) is 4.39. The minimum Gasteiger partial charge on any atom is -0.378 e. The zero-order valence-electron chi connectivity index (χ0n) is 15.2. The van der Waals surface area contributed by atoms with Crippen molar-refractivity contribution in [1.29, 1.82) is 0 Å². The highest BCUT2D eigenvalue weighted by Crippen LogP contribution is 2.26. The Kier molecular flexibility index (Phi) is 7.07. The van der Waals surface area contributed by atoms with Crippen molar-refractivity contribution >= 4 is 17.5 Å². The van der Waals surface area contributed by atoms with Crippen molar-refractivity contribution in [2.75, 3.05) is 32.8 Å². The van der Waals surface area contributed by atoms with Crippen molar-refractivity contribution in [3.63, 3.8) is 0 Å². The lowest BCUT2D eigenvalue weighted by Gasteiger charge is -2.26. The van der Waals surface area contributed by atoms with Gasteiger partial charge in [-0.2, -0.15) is 5.10 Å². The standard InChI is InChI=1S/C15H23ClN4O2.C2H6/c1-11(2)19-4-3-5-20-12(10-19)13(16)14(17-20)15(21)18-6-8-22-9-7-18;1-2/h11H,3-10H2,1-2H3;1-2H3. The van der Waals surface area contributed by atoms with Crippen molar-refractivity contribution in [3.8, 4) is 0 Å². The molecule has 6 nitrogen and oxygen atoms in total. The van der Waals surface area contributed by atoms with Crippen LogP contribution in [-0.4, -0.2) is 64.4 Å². The van der Waals surface area contributed by atoms with Crippen LogP contribution >= 0.6 is 11.6 Å². The van der Waals surface area contributed by atoms with Crippen LogP contribution in [0.5, 0.6) is 0 Å². The molecule has 24 heavy (non-hydrogen) atoms. The summed E-state index contributed by atoms with van der Waals surface area (Å²) in [4.78, 5) is 16.8. The molecule has 3 heterocycles. The fourth-order valence-electron chi connectivity index (χ4n) is 3.00. The van der Waals surface area contributed by atoms with Crippen LogP contribution in [-0.2, 0) is 17.8 Å². The van der Waals surface area contributed by atoms with Gasteiger partial charge in [-0.25, -0.2) is 0 Å². The maximum absolute atomic E-state index is 12.6. The van der Waals surface area contributed by atoms with Gasteiger partial charge in [0.25, 0.3) is 5.91 Å². The number of halogens is 1. The summed E-state index contributed by atoms with van der Waals surface area (Å²) in [5.41, 5.74) is 1.36. The van der Waals surface area contributed by atoms with Crippen molar-refractivity contribution < 1.29 is 9.53 Å². The van der Waals surface area contributed by atoms with Crippen molar-refractivity contribution in [2.24, 2.45) is 0 Å². The van der Waals surface area contributed by atoms with E-state index < -0.39 is 0 Å². The van der Waals surface area contributed by atoms with E-state index in [1.807, 2.05) is 18.5 Å². The second kappa shape index (κ2) is 8.83. The number of hydrogen-bond acceptors (Lipinski definition) is 4. The minimum atomic E-state index is -0.0787. The number of morpholine rings is 1. The molecule has 1 aromatic heterocycles. The summed E-state index contributed by atoms with van der Waals surface area (Å²) in [6.45, 7) is 13.3. The van der Waals surface area contributed by atoms with Crippen LogP contribution in [0.1, 0.15) is 50.3 Å². The van der Waals surface area contributed by atoms with Gasteiger partial charge < -0.3 is 9.64 Å². The third kappa shape index (κ3) is 4.10. The van der Waals surface area contributed by atoms with Gasteiger partial charge in [0.2, 0.25) is 0 Å². The van der Waals surface area contributed by atoms with Crippen molar-refractivity contribution in [1.82, 2.24) is 19.6 Å². The number of aryl methyl sites for hydroxylation is 1. The fourth-order valence-corrected chi connectivity index (χ4v) is 3.28. The van der Waals surface area contributed by atoms with Gasteiger partial charge >= 0.3 is 0 Å². The Morgan fingerprint density at radius 2 is 1.83 bits per heavy atom. The largest absolute Gasteiger partial charge is 0.378 e. The molecule has 2 aliphatic heterocycles. The summed E-state index contributed by atoms with van der Waals surface area (Å²) in [6.07, 6.45) is 1.02. The second-order valence-electron chi connectivity index (χ2n) is 6.15. The summed E-state index contributed by atoms with van der Waals surface area (Å²) in [5, 5.41) is 5.02. The van der Waals surface area contributed by atoms with E-state index in [9.17, 15) is 4.79 Å². The molecule has 0 spiro atoms. The van der Waals surface area contributed by atoms with Gasteiger partial charge in [0, 0.05) is 38.8 Å². The Balaban J connectivity index is 0.00000100. The summed E-state index contributed by atoms with van der Waals surface area (Å²) in [7, 11) is 0. The molecule has 1 saturated heterocycles. The predicted molar refractivity (Wildman–Crippen MR) is 95.5 cm³/mol. The molecule has 3 rings (SSSR count). The number of ether oxygens (including phenoxy) is 1. The molecule has 0 bridgehead atoms. The van der Waals surface area contributed by atoms with E-state index in [1.54, 1.807) is 4.90 Å². The van der Waals surface area contributed by atoms with Crippen LogP contribution in [0.2, 0.25) is 5.02 Å². The number of hydrogen-bond donors (Lipinski definition) is 0.